The minimum atomic E-state index is -4.90. The third-order valence-corrected chi connectivity index (χ3v) is 6.07. The minimum Gasteiger partial charge on any atom is -0.744 e. The van der Waals surface area contributed by atoms with E-state index in [0.717, 1.165) is 12.1 Å². The van der Waals surface area contributed by atoms with Gasteiger partial charge >= 0.3 is 5.56 Å². The van der Waals surface area contributed by atoms with Crippen LogP contribution in [-0.2, 0) is 16.7 Å². The number of nitrogens with zero attached hydrogens (tertiary/aromatic N) is 6. The van der Waals surface area contributed by atoms with Gasteiger partial charge < -0.3 is 14.6 Å². The summed E-state index contributed by atoms with van der Waals surface area (Å²) in [6.07, 6.45) is 3.91. The molecule has 0 aliphatic rings. The lowest BCUT2D eigenvalue weighted by Crippen LogP contribution is -2.40. The summed E-state index contributed by atoms with van der Waals surface area (Å²) in [7, 11) is -1.12. The average molecular weight is 500 g/mol. The normalized spacial score (nSPS) is 11.9. The highest BCUT2D eigenvalue weighted by atomic mass is 32.2. The second-order valence-electron chi connectivity index (χ2n) is 7.96. The first-order chi connectivity index (χ1) is 16.5. The second kappa shape index (κ2) is 10.6. The molecule has 0 spiro atoms. The maximum atomic E-state index is 13.3. The lowest BCUT2D eigenvalue weighted by Gasteiger charge is -2.15. The molecule has 184 valence electrons. The molecule has 13 heteroatoms. The number of rotatable bonds is 9. The van der Waals surface area contributed by atoms with E-state index >= 15 is 0 Å². The van der Waals surface area contributed by atoms with Gasteiger partial charge in [-0.3, -0.25) is 9.36 Å². The molecule has 0 atom stereocenters. The number of hydrogen-bond donors (Lipinski definition) is 2. The fourth-order valence-corrected chi connectivity index (χ4v) is 4.08. The van der Waals surface area contributed by atoms with Crippen LogP contribution in [0.15, 0.2) is 73.8 Å². The van der Waals surface area contributed by atoms with Crippen molar-refractivity contribution in [3.8, 4) is 11.6 Å². The SMILES string of the molecule is Cc1c(N=Nc2cc(N=N)ccc2S(=O)(=O)[O-])c(O)n(CCCN(C)C)c(=O)c1-[n+]1ccccc1. The van der Waals surface area contributed by atoms with Crippen LogP contribution >= 0.6 is 0 Å². The van der Waals surface area contributed by atoms with Gasteiger partial charge in [0.2, 0.25) is 5.88 Å². The predicted molar refractivity (Wildman–Crippen MR) is 125 cm³/mol. The molecule has 2 aromatic heterocycles. The van der Waals surface area contributed by atoms with Crippen molar-refractivity contribution in [2.75, 3.05) is 20.6 Å². The van der Waals surface area contributed by atoms with Gasteiger partial charge in [0.25, 0.3) is 5.69 Å². The highest BCUT2D eigenvalue weighted by molar-refractivity contribution is 7.86. The Labute approximate surface area is 202 Å². The number of hydrogen-bond acceptors (Lipinski definition) is 10. The van der Waals surface area contributed by atoms with Gasteiger partial charge in [-0.25, -0.2) is 13.9 Å². The Bertz CT molecular complexity index is 1430. The van der Waals surface area contributed by atoms with E-state index in [-0.39, 0.29) is 29.3 Å². The summed E-state index contributed by atoms with van der Waals surface area (Å²) in [5, 5.41) is 22.1. The van der Waals surface area contributed by atoms with Gasteiger partial charge in [0, 0.05) is 18.7 Å². The minimum absolute atomic E-state index is 0.0569. The molecule has 1 aromatic carbocycles. The van der Waals surface area contributed by atoms with E-state index in [1.54, 1.807) is 42.1 Å². The Morgan fingerprint density at radius 3 is 2.46 bits per heavy atom. The molecule has 3 aromatic rings. The van der Waals surface area contributed by atoms with Gasteiger partial charge in [-0.1, -0.05) is 6.07 Å². The van der Waals surface area contributed by atoms with Crippen LogP contribution in [0.25, 0.3) is 5.69 Å². The third-order valence-electron chi connectivity index (χ3n) is 5.19. The summed E-state index contributed by atoms with van der Waals surface area (Å²) in [6.45, 7) is 2.44. The monoisotopic (exact) mass is 499 g/mol. The Hall–Kier alpha value is -3.81. The highest BCUT2D eigenvalue weighted by Gasteiger charge is 2.25. The second-order valence-corrected chi connectivity index (χ2v) is 9.31. The molecule has 2 heterocycles. The molecule has 0 radical (unpaired) electrons. The first-order valence-corrected chi connectivity index (χ1v) is 11.9. The first-order valence-electron chi connectivity index (χ1n) is 10.5. The summed E-state index contributed by atoms with van der Waals surface area (Å²) in [4.78, 5) is 14.6. The quantitative estimate of drug-likeness (QED) is 0.260. The van der Waals surface area contributed by atoms with Crippen molar-refractivity contribution in [1.29, 1.82) is 5.53 Å². The Morgan fingerprint density at radius 1 is 1.17 bits per heavy atom. The van der Waals surface area contributed by atoms with Gasteiger partial charge in [-0.15, -0.1) is 10.2 Å². The Kier molecular flexibility index (Phi) is 7.84. The van der Waals surface area contributed by atoms with E-state index in [2.05, 4.69) is 15.3 Å². The zero-order chi connectivity index (χ0) is 25.8. The van der Waals surface area contributed by atoms with Crippen LogP contribution in [-0.4, -0.2) is 48.2 Å². The molecule has 0 bridgehead atoms. The zero-order valence-electron chi connectivity index (χ0n) is 19.4. The molecule has 0 unspecified atom stereocenters. The van der Waals surface area contributed by atoms with Crippen LogP contribution in [0.1, 0.15) is 12.0 Å². The molecular formula is C22H25N7O5S. The Morgan fingerprint density at radius 2 is 1.86 bits per heavy atom. The number of benzene rings is 1. The molecule has 3 rings (SSSR count). The topological polar surface area (TPSA) is 167 Å². The van der Waals surface area contributed by atoms with Gasteiger partial charge in [0.05, 0.1) is 16.1 Å². The number of aromatic hydroxyl groups is 1. The molecule has 0 fully saturated rings. The van der Waals surface area contributed by atoms with Crippen molar-refractivity contribution in [3.05, 3.63) is 64.7 Å². The van der Waals surface area contributed by atoms with Crippen LogP contribution < -0.4 is 10.1 Å². The fraction of sp³-hybridized carbons (Fsp3) is 0.273. The number of aromatic nitrogens is 2. The van der Waals surface area contributed by atoms with E-state index < -0.39 is 26.5 Å². The van der Waals surface area contributed by atoms with Crippen molar-refractivity contribution in [3.63, 3.8) is 0 Å². The van der Waals surface area contributed by atoms with Crippen molar-refractivity contribution in [2.45, 2.75) is 24.8 Å². The molecule has 0 aliphatic heterocycles. The third kappa shape index (κ3) is 5.82. The van der Waals surface area contributed by atoms with Gasteiger partial charge in [-0.05, 0) is 52.2 Å². The van der Waals surface area contributed by atoms with E-state index in [0.29, 0.717) is 18.5 Å². The van der Waals surface area contributed by atoms with Crippen LogP contribution in [0.3, 0.4) is 0 Å². The standard InChI is InChI=1S/C22H25N7O5S/c1-15-19(26-25-17-14-16(24-23)8-9-18(17)35(32,33)34)21(30)29(13-7-10-27(2)3)22(31)20(15)28-11-5-4-6-12-28/h4-6,8-9,11-12,14,23H,7,10,13H2,1-3H3,(H-,25,30,31,32,33,34). The van der Waals surface area contributed by atoms with Gasteiger partial charge in [0.15, 0.2) is 18.1 Å². The molecule has 35 heavy (non-hydrogen) atoms. The van der Waals surface area contributed by atoms with Crippen molar-refractivity contribution in [2.24, 2.45) is 15.3 Å². The number of nitrogens with one attached hydrogen (secondary N) is 1. The zero-order valence-corrected chi connectivity index (χ0v) is 20.2. The van der Waals surface area contributed by atoms with Gasteiger partial charge in [-0.2, -0.15) is 9.68 Å². The maximum absolute atomic E-state index is 13.3. The highest BCUT2D eigenvalue weighted by Crippen LogP contribution is 2.35. The summed E-state index contributed by atoms with van der Waals surface area (Å²) in [5.41, 5.74) is 6.88. The molecule has 0 saturated carbocycles. The lowest BCUT2D eigenvalue weighted by atomic mass is 10.2. The smallest absolute Gasteiger partial charge is 0.326 e. The largest absolute Gasteiger partial charge is 0.744 e. The van der Waals surface area contributed by atoms with Crippen LogP contribution in [0.4, 0.5) is 17.1 Å². The molecular weight excluding hydrogens is 474 g/mol. The Balaban J connectivity index is 2.23. The van der Waals surface area contributed by atoms with Crippen LogP contribution in [0, 0.1) is 12.5 Å². The molecule has 2 N–H and O–H groups in total. The molecule has 12 nitrogen and oxygen atoms in total. The van der Waals surface area contributed by atoms with E-state index in [1.165, 1.54) is 10.6 Å². The predicted octanol–water partition coefficient (Wildman–Crippen LogP) is 3.07. The molecule has 0 saturated heterocycles. The number of azo groups is 1. The fourth-order valence-electron chi connectivity index (χ4n) is 3.48. The van der Waals surface area contributed by atoms with E-state index in [4.69, 9.17) is 5.53 Å². The summed E-state index contributed by atoms with van der Waals surface area (Å²) in [5.74, 6) is -0.442. The van der Waals surface area contributed by atoms with E-state index in [9.17, 15) is 22.9 Å². The lowest BCUT2D eigenvalue weighted by molar-refractivity contribution is -0.597. The summed E-state index contributed by atoms with van der Waals surface area (Å²) in [6, 6.07) is 8.57. The molecule has 0 amide bonds. The summed E-state index contributed by atoms with van der Waals surface area (Å²) < 4.78 is 37.8. The first kappa shape index (κ1) is 25.8. The van der Waals surface area contributed by atoms with Crippen molar-refractivity contribution < 1.29 is 22.6 Å². The van der Waals surface area contributed by atoms with Crippen molar-refractivity contribution in [1.82, 2.24) is 9.47 Å². The van der Waals surface area contributed by atoms with Crippen LogP contribution in [0.2, 0.25) is 0 Å². The maximum Gasteiger partial charge on any atom is 0.326 e. The molecule has 0 aliphatic carbocycles. The van der Waals surface area contributed by atoms with Crippen LogP contribution in [0.5, 0.6) is 5.88 Å². The average Bonchev–Trinajstić information content (AvgIpc) is 2.81. The number of pyridine rings is 2. The summed E-state index contributed by atoms with van der Waals surface area (Å²) >= 11 is 0. The van der Waals surface area contributed by atoms with Gasteiger partial charge in [0.1, 0.15) is 15.8 Å². The van der Waals surface area contributed by atoms with E-state index in [1.807, 2.05) is 19.0 Å². The van der Waals surface area contributed by atoms with Crippen molar-refractivity contribution >= 4 is 27.2 Å².